The van der Waals surface area contributed by atoms with Crippen LogP contribution in [0.15, 0.2) is 30.3 Å². The van der Waals surface area contributed by atoms with Crippen LogP contribution in [0.3, 0.4) is 0 Å². The summed E-state index contributed by atoms with van der Waals surface area (Å²) in [5.74, 6) is -1.88. The van der Waals surface area contributed by atoms with Crippen molar-refractivity contribution in [3.63, 3.8) is 0 Å². The lowest BCUT2D eigenvalue weighted by molar-refractivity contribution is -0.334. The van der Waals surface area contributed by atoms with Gasteiger partial charge in [0.1, 0.15) is 31.0 Å². The molecular weight excluding hydrogens is 630 g/mol. The van der Waals surface area contributed by atoms with E-state index in [0.717, 1.165) is 18.4 Å². The first-order chi connectivity index (χ1) is 23.2. The van der Waals surface area contributed by atoms with Crippen LogP contribution in [0.2, 0.25) is 0 Å². The summed E-state index contributed by atoms with van der Waals surface area (Å²) in [4.78, 5) is 36.5. The Kier molecular flexibility index (Phi) is 16.0. The van der Waals surface area contributed by atoms with Crippen molar-refractivity contribution in [3.05, 3.63) is 35.9 Å². The summed E-state index contributed by atoms with van der Waals surface area (Å²) in [5.41, 5.74) is 7.00. The zero-order valence-corrected chi connectivity index (χ0v) is 31.1. The molecule has 0 saturated carbocycles. The van der Waals surface area contributed by atoms with Crippen LogP contribution in [0.25, 0.3) is 0 Å². The summed E-state index contributed by atoms with van der Waals surface area (Å²) in [7, 11) is 0. The molecule has 11 nitrogen and oxygen atoms in total. The molecule has 11 heteroatoms. The van der Waals surface area contributed by atoms with Crippen molar-refractivity contribution < 1.29 is 47.5 Å². The molecule has 2 fully saturated rings. The molecule has 278 valence electrons. The maximum absolute atomic E-state index is 12.3. The maximum atomic E-state index is 12.3. The number of ether oxygens (including phenoxy) is 7. The molecule has 2 aliphatic rings. The van der Waals surface area contributed by atoms with Gasteiger partial charge in [0, 0.05) is 38.7 Å². The molecule has 2 aliphatic heterocycles. The highest BCUT2D eigenvalue weighted by atomic mass is 16.7. The molecule has 3 rings (SSSR count). The van der Waals surface area contributed by atoms with Gasteiger partial charge in [0.25, 0.3) is 0 Å². The van der Waals surface area contributed by atoms with Gasteiger partial charge in [-0.15, -0.1) is 0 Å². The first-order valence-electron chi connectivity index (χ1n) is 18.0. The lowest BCUT2D eigenvalue weighted by Gasteiger charge is -2.49. The van der Waals surface area contributed by atoms with Gasteiger partial charge in [0.05, 0.1) is 12.7 Å². The number of rotatable bonds is 17. The molecule has 12 atom stereocenters. The number of esters is 3. The van der Waals surface area contributed by atoms with Crippen molar-refractivity contribution >= 4 is 17.9 Å². The predicted molar refractivity (Wildman–Crippen MR) is 184 cm³/mol. The summed E-state index contributed by atoms with van der Waals surface area (Å²) < 4.78 is 42.8. The Morgan fingerprint density at radius 2 is 1.67 bits per heavy atom. The monoisotopic (exact) mass is 691 g/mol. The molecule has 3 unspecified atom stereocenters. The fourth-order valence-electron chi connectivity index (χ4n) is 6.70. The third-order valence-electron chi connectivity index (χ3n) is 10.5. The minimum atomic E-state index is -1.12. The summed E-state index contributed by atoms with van der Waals surface area (Å²) in [5, 5.41) is 0. The van der Waals surface area contributed by atoms with Crippen LogP contribution in [0, 0.1) is 29.6 Å². The summed E-state index contributed by atoms with van der Waals surface area (Å²) in [6.07, 6.45) is 0.790. The van der Waals surface area contributed by atoms with E-state index in [1.54, 1.807) is 0 Å². The fraction of sp³-hybridized carbons (Fsp3) is 0.763. The molecule has 0 radical (unpaired) electrons. The number of hydrogen-bond donors (Lipinski definition) is 1. The Hall–Kier alpha value is -2.57. The van der Waals surface area contributed by atoms with Crippen LogP contribution in [0.1, 0.15) is 100.0 Å². The average molecular weight is 692 g/mol. The predicted octanol–water partition coefficient (Wildman–Crippen LogP) is 5.94. The van der Waals surface area contributed by atoms with Gasteiger partial charge in [-0.05, 0) is 55.9 Å². The van der Waals surface area contributed by atoms with Crippen molar-refractivity contribution in [2.75, 3.05) is 13.2 Å². The third kappa shape index (κ3) is 12.0. The summed E-state index contributed by atoms with van der Waals surface area (Å²) >= 11 is 0. The van der Waals surface area contributed by atoms with Crippen LogP contribution in [0.4, 0.5) is 0 Å². The molecule has 0 aromatic heterocycles. The summed E-state index contributed by atoms with van der Waals surface area (Å²) in [6, 6.07) is 8.84. The van der Waals surface area contributed by atoms with E-state index in [1.165, 1.54) is 13.8 Å². The van der Waals surface area contributed by atoms with Gasteiger partial charge in [-0.25, -0.2) is 0 Å². The molecule has 0 aliphatic carbocycles. The van der Waals surface area contributed by atoms with Gasteiger partial charge in [0.2, 0.25) is 0 Å². The minimum Gasteiger partial charge on any atom is -0.462 e. The van der Waals surface area contributed by atoms with E-state index in [9.17, 15) is 14.4 Å². The van der Waals surface area contributed by atoms with E-state index in [0.29, 0.717) is 31.8 Å². The second kappa shape index (κ2) is 19.2. The molecule has 0 bridgehead atoms. The Labute approximate surface area is 293 Å². The molecule has 1 aromatic rings. The third-order valence-corrected chi connectivity index (χ3v) is 10.5. The largest absolute Gasteiger partial charge is 0.462 e. The smallest absolute Gasteiger partial charge is 0.323 e. The van der Waals surface area contributed by atoms with E-state index in [1.807, 2.05) is 58.0 Å². The SMILES string of the molecule is CC[C@@H](C)[C@@H](OC(C)=O)C1O[C@](C)(OCC2O[C@H](OCCCC[C@H](N)C(=O)OCc3ccccc3)C(C)[C@@H](C)[C@H]2C)C[C@@H](OC(C)=O)[C@H]1C. The Morgan fingerprint density at radius 1 is 0.980 bits per heavy atom. The van der Waals surface area contributed by atoms with E-state index in [-0.39, 0.29) is 54.9 Å². The van der Waals surface area contributed by atoms with Gasteiger partial charge < -0.3 is 38.9 Å². The second-order valence-electron chi connectivity index (χ2n) is 14.4. The number of unbranched alkanes of at least 4 members (excludes halogenated alkanes) is 1. The van der Waals surface area contributed by atoms with Crippen LogP contribution in [-0.4, -0.2) is 73.7 Å². The van der Waals surface area contributed by atoms with Crippen LogP contribution >= 0.6 is 0 Å². The van der Waals surface area contributed by atoms with Crippen LogP contribution in [-0.2, 0) is 54.1 Å². The van der Waals surface area contributed by atoms with E-state index in [4.69, 9.17) is 38.9 Å². The average Bonchev–Trinajstić information content (AvgIpc) is 3.06. The summed E-state index contributed by atoms with van der Waals surface area (Å²) in [6.45, 7) is 18.0. The first kappa shape index (κ1) is 40.9. The molecule has 2 heterocycles. The van der Waals surface area contributed by atoms with Crippen molar-refractivity contribution in [3.8, 4) is 0 Å². The van der Waals surface area contributed by atoms with Gasteiger partial charge in [-0.1, -0.05) is 71.9 Å². The number of carbonyl (C=O) groups excluding carboxylic acids is 3. The molecule has 49 heavy (non-hydrogen) atoms. The maximum Gasteiger partial charge on any atom is 0.323 e. The first-order valence-corrected chi connectivity index (χ1v) is 18.0. The van der Waals surface area contributed by atoms with Crippen molar-refractivity contribution in [2.24, 2.45) is 35.3 Å². The Bertz CT molecular complexity index is 1180. The number of benzene rings is 1. The number of carbonyl (C=O) groups is 3. The van der Waals surface area contributed by atoms with Gasteiger partial charge in [-0.2, -0.15) is 0 Å². The second-order valence-corrected chi connectivity index (χ2v) is 14.4. The Morgan fingerprint density at radius 3 is 2.31 bits per heavy atom. The zero-order valence-electron chi connectivity index (χ0n) is 31.1. The minimum absolute atomic E-state index is 0.0165. The molecular formula is C38H61NO10. The molecule has 0 amide bonds. The van der Waals surface area contributed by atoms with Crippen molar-refractivity contribution in [1.29, 1.82) is 0 Å². The molecule has 2 N–H and O–H groups in total. The molecule has 1 aromatic carbocycles. The lowest BCUT2D eigenvalue weighted by Crippen LogP contribution is -2.58. The van der Waals surface area contributed by atoms with E-state index >= 15 is 0 Å². The molecule has 2 saturated heterocycles. The van der Waals surface area contributed by atoms with E-state index < -0.39 is 42.4 Å². The quantitative estimate of drug-likeness (QED) is 0.118. The highest BCUT2D eigenvalue weighted by Gasteiger charge is 2.50. The lowest BCUT2D eigenvalue weighted by atomic mass is 9.79. The number of hydrogen-bond acceptors (Lipinski definition) is 11. The Balaban J connectivity index is 1.56. The van der Waals surface area contributed by atoms with Gasteiger partial charge in [0.15, 0.2) is 12.1 Å². The van der Waals surface area contributed by atoms with Gasteiger partial charge >= 0.3 is 17.9 Å². The normalized spacial score (nSPS) is 32.0. The number of nitrogens with two attached hydrogens (primary N) is 1. The van der Waals surface area contributed by atoms with Crippen LogP contribution < -0.4 is 5.73 Å². The molecule has 0 spiro atoms. The highest BCUT2D eigenvalue weighted by Crippen LogP contribution is 2.41. The van der Waals surface area contributed by atoms with E-state index in [2.05, 4.69) is 20.8 Å². The standard InChI is InChI=1S/C38H61NO10/c1-10-23(2)34(47-29(8)41)35-27(6)32(46-28(7)40)20-38(9,49-35)45-22-33-25(4)24(3)26(5)37(48-33)43-19-15-14-18-31(39)36(42)44-21-30-16-12-11-13-17-30/h11-13,16-17,23-27,31-35,37H,10,14-15,18-22,39H2,1-9H3/t23-,24+,25-,26?,27-,31+,32-,33?,34-,35?,37+,38+/m1/s1. The van der Waals surface area contributed by atoms with Crippen molar-refractivity contribution in [2.45, 2.75) is 144 Å². The van der Waals surface area contributed by atoms with Crippen LogP contribution in [0.5, 0.6) is 0 Å². The van der Waals surface area contributed by atoms with Gasteiger partial charge in [-0.3, -0.25) is 14.4 Å². The topological polar surface area (TPSA) is 142 Å². The highest BCUT2D eigenvalue weighted by molar-refractivity contribution is 5.75. The zero-order chi connectivity index (χ0) is 36.3. The van der Waals surface area contributed by atoms with Crippen molar-refractivity contribution in [1.82, 2.24) is 0 Å². The fourth-order valence-corrected chi connectivity index (χ4v) is 6.70.